The van der Waals surface area contributed by atoms with Gasteiger partial charge in [0.15, 0.2) is 0 Å². The van der Waals surface area contributed by atoms with Crippen LogP contribution >= 0.6 is 11.6 Å². The van der Waals surface area contributed by atoms with E-state index in [-0.39, 0.29) is 17.9 Å². The molecule has 1 fully saturated rings. The lowest BCUT2D eigenvalue weighted by Crippen LogP contribution is -2.47. The van der Waals surface area contributed by atoms with Crippen LogP contribution in [-0.4, -0.2) is 24.4 Å². The molecule has 2 rings (SSSR count). The largest absolute Gasteiger partial charge is 0.399 e. The van der Waals surface area contributed by atoms with Gasteiger partial charge in [0.1, 0.15) is 0 Å². The number of nitrogens with one attached hydrogen (secondary N) is 2. The van der Waals surface area contributed by atoms with E-state index in [4.69, 9.17) is 17.3 Å². The summed E-state index contributed by atoms with van der Waals surface area (Å²) < 4.78 is 0. The van der Waals surface area contributed by atoms with E-state index < -0.39 is 0 Å². The predicted molar refractivity (Wildman–Crippen MR) is 69.4 cm³/mol. The molecule has 4 N–H and O–H groups in total. The minimum absolute atomic E-state index is 0.0208. The van der Waals surface area contributed by atoms with Crippen molar-refractivity contribution in [1.29, 1.82) is 0 Å². The second kappa shape index (κ2) is 5.27. The average molecular weight is 268 g/mol. The fourth-order valence-electron chi connectivity index (χ4n) is 1.87. The molecule has 18 heavy (non-hydrogen) atoms. The standard InChI is InChI=1S/C12H14ClN3O2/c13-8-3-7(4-9(14)5-8)12(18)16-10-1-2-11(17)15-6-10/h3-5,10H,1-2,6,14H2,(H,15,17)(H,16,18). The maximum Gasteiger partial charge on any atom is 0.251 e. The lowest BCUT2D eigenvalue weighted by molar-refractivity contribution is -0.122. The summed E-state index contributed by atoms with van der Waals surface area (Å²) in [4.78, 5) is 23.0. The van der Waals surface area contributed by atoms with Gasteiger partial charge in [0, 0.05) is 35.3 Å². The molecular formula is C12H14ClN3O2. The highest BCUT2D eigenvalue weighted by atomic mass is 35.5. The highest BCUT2D eigenvalue weighted by Crippen LogP contribution is 2.17. The van der Waals surface area contributed by atoms with E-state index in [1.54, 1.807) is 18.2 Å². The molecule has 5 nitrogen and oxygen atoms in total. The van der Waals surface area contributed by atoms with E-state index in [2.05, 4.69) is 10.6 Å². The summed E-state index contributed by atoms with van der Waals surface area (Å²) in [7, 11) is 0. The zero-order valence-corrected chi connectivity index (χ0v) is 10.5. The number of nitrogen functional groups attached to an aromatic ring is 1. The van der Waals surface area contributed by atoms with E-state index in [0.29, 0.717) is 35.7 Å². The topological polar surface area (TPSA) is 84.2 Å². The van der Waals surface area contributed by atoms with Crippen molar-refractivity contribution in [3.05, 3.63) is 28.8 Å². The Morgan fingerprint density at radius 1 is 1.44 bits per heavy atom. The van der Waals surface area contributed by atoms with Crippen molar-refractivity contribution in [3.63, 3.8) is 0 Å². The van der Waals surface area contributed by atoms with E-state index in [9.17, 15) is 9.59 Å². The lowest BCUT2D eigenvalue weighted by atomic mass is 10.1. The third-order valence-corrected chi connectivity index (χ3v) is 3.00. The number of hydrogen-bond donors (Lipinski definition) is 3. The van der Waals surface area contributed by atoms with Crippen LogP contribution in [0.2, 0.25) is 5.02 Å². The van der Waals surface area contributed by atoms with Gasteiger partial charge in [-0.2, -0.15) is 0 Å². The first kappa shape index (κ1) is 12.7. The van der Waals surface area contributed by atoms with Crippen molar-refractivity contribution < 1.29 is 9.59 Å². The molecule has 1 heterocycles. The number of anilines is 1. The van der Waals surface area contributed by atoms with Crippen LogP contribution in [0.15, 0.2) is 18.2 Å². The lowest BCUT2D eigenvalue weighted by Gasteiger charge is -2.23. The summed E-state index contributed by atoms with van der Waals surface area (Å²) in [6, 6.07) is 4.67. The zero-order valence-electron chi connectivity index (χ0n) is 9.70. The van der Waals surface area contributed by atoms with Crippen LogP contribution in [0, 0.1) is 0 Å². The summed E-state index contributed by atoms with van der Waals surface area (Å²) >= 11 is 5.84. The number of amides is 2. The molecule has 96 valence electrons. The Balaban J connectivity index is 2.01. The second-order valence-corrected chi connectivity index (χ2v) is 4.72. The predicted octanol–water partition coefficient (Wildman–Crippen LogP) is 0.931. The van der Waals surface area contributed by atoms with Gasteiger partial charge in [-0.3, -0.25) is 9.59 Å². The zero-order chi connectivity index (χ0) is 13.1. The van der Waals surface area contributed by atoms with Crippen molar-refractivity contribution in [1.82, 2.24) is 10.6 Å². The molecule has 0 aliphatic carbocycles. The molecule has 0 bridgehead atoms. The van der Waals surface area contributed by atoms with Crippen LogP contribution in [0.5, 0.6) is 0 Å². The minimum atomic E-state index is -0.231. The molecule has 0 aromatic heterocycles. The molecule has 1 unspecified atom stereocenters. The van der Waals surface area contributed by atoms with Crippen LogP contribution in [0.25, 0.3) is 0 Å². The quantitative estimate of drug-likeness (QED) is 0.697. The average Bonchev–Trinajstić information content (AvgIpc) is 2.31. The molecule has 1 saturated heterocycles. The first-order chi connectivity index (χ1) is 8.54. The number of nitrogens with two attached hydrogens (primary N) is 1. The molecule has 1 aromatic rings. The van der Waals surface area contributed by atoms with E-state index in [1.807, 2.05) is 0 Å². The molecule has 1 aliphatic heterocycles. The van der Waals surface area contributed by atoms with E-state index in [1.165, 1.54) is 0 Å². The van der Waals surface area contributed by atoms with Crippen molar-refractivity contribution in [2.45, 2.75) is 18.9 Å². The molecule has 0 radical (unpaired) electrons. The Labute approximate surface area is 110 Å². The molecular weight excluding hydrogens is 254 g/mol. The molecule has 1 atom stereocenters. The van der Waals surface area contributed by atoms with Crippen LogP contribution < -0.4 is 16.4 Å². The number of rotatable bonds is 2. The molecule has 0 spiro atoms. The van der Waals surface area contributed by atoms with E-state index >= 15 is 0 Å². The number of halogens is 1. The Morgan fingerprint density at radius 3 is 2.83 bits per heavy atom. The van der Waals surface area contributed by atoms with Gasteiger partial charge in [-0.1, -0.05) is 11.6 Å². The van der Waals surface area contributed by atoms with Crippen LogP contribution in [0.4, 0.5) is 5.69 Å². The summed E-state index contributed by atoms with van der Waals surface area (Å²) in [5.74, 6) is -0.210. The number of carbonyl (C=O) groups excluding carboxylic acids is 2. The minimum Gasteiger partial charge on any atom is -0.399 e. The third kappa shape index (κ3) is 3.13. The first-order valence-electron chi connectivity index (χ1n) is 5.68. The van der Waals surface area contributed by atoms with Gasteiger partial charge in [-0.15, -0.1) is 0 Å². The number of hydrogen-bond acceptors (Lipinski definition) is 3. The van der Waals surface area contributed by atoms with Gasteiger partial charge in [-0.05, 0) is 24.6 Å². The monoisotopic (exact) mass is 267 g/mol. The molecule has 1 aromatic carbocycles. The van der Waals surface area contributed by atoms with Crippen LogP contribution in [0.3, 0.4) is 0 Å². The van der Waals surface area contributed by atoms with Crippen molar-refractivity contribution in [2.75, 3.05) is 12.3 Å². The van der Waals surface area contributed by atoms with Crippen molar-refractivity contribution >= 4 is 29.1 Å². The Bertz CT molecular complexity index is 460. The third-order valence-electron chi connectivity index (χ3n) is 2.78. The number of benzene rings is 1. The maximum absolute atomic E-state index is 12.0. The van der Waals surface area contributed by atoms with Gasteiger partial charge in [-0.25, -0.2) is 0 Å². The van der Waals surface area contributed by atoms with Crippen molar-refractivity contribution in [3.8, 4) is 0 Å². The van der Waals surface area contributed by atoms with Crippen molar-refractivity contribution in [2.24, 2.45) is 0 Å². The fraction of sp³-hybridized carbons (Fsp3) is 0.333. The van der Waals surface area contributed by atoms with E-state index in [0.717, 1.165) is 0 Å². The SMILES string of the molecule is Nc1cc(Cl)cc(C(=O)NC2CCC(=O)NC2)c1. The summed E-state index contributed by atoms with van der Waals surface area (Å²) in [5.41, 5.74) is 6.50. The fourth-order valence-corrected chi connectivity index (χ4v) is 2.11. The second-order valence-electron chi connectivity index (χ2n) is 4.29. The van der Waals surface area contributed by atoms with Gasteiger partial charge < -0.3 is 16.4 Å². The van der Waals surface area contributed by atoms with Gasteiger partial charge in [0.25, 0.3) is 5.91 Å². The molecule has 1 aliphatic rings. The Hall–Kier alpha value is -1.75. The first-order valence-corrected chi connectivity index (χ1v) is 6.06. The molecule has 6 heteroatoms. The Morgan fingerprint density at radius 2 is 2.22 bits per heavy atom. The number of piperidine rings is 1. The van der Waals surface area contributed by atoms with Gasteiger partial charge >= 0.3 is 0 Å². The summed E-state index contributed by atoms with van der Waals surface area (Å²) in [5, 5.41) is 5.98. The summed E-state index contributed by atoms with van der Waals surface area (Å²) in [6.07, 6.45) is 1.08. The highest BCUT2D eigenvalue weighted by Gasteiger charge is 2.20. The highest BCUT2D eigenvalue weighted by molar-refractivity contribution is 6.31. The smallest absolute Gasteiger partial charge is 0.251 e. The molecule has 2 amide bonds. The van der Waals surface area contributed by atoms with Gasteiger partial charge in [0.2, 0.25) is 5.91 Å². The van der Waals surface area contributed by atoms with Crippen LogP contribution in [0.1, 0.15) is 23.2 Å². The molecule has 0 saturated carbocycles. The van der Waals surface area contributed by atoms with Gasteiger partial charge in [0.05, 0.1) is 0 Å². The summed E-state index contributed by atoms with van der Waals surface area (Å²) in [6.45, 7) is 0.459. The Kier molecular flexibility index (Phi) is 3.72. The maximum atomic E-state index is 12.0. The number of carbonyl (C=O) groups is 2. The van der Waals surface area contributed by atoms with Crippen LogP contribution in [-0.2, 0) is 4.79 Å². The normalized spacial score (nSPS) is 19.2.